The predicted molar refractivity (Wildman–Crippen MR) is 159 cm³/mol. The number of primary amides is 1. The summed E-state index contributed by atoms with van der Waals surface area (Å²) in [5.74, 6) is 0.307. The van der Waals surface area contributed by atoms with E-state index in [2.05, 4.69) is 49.8 Å². The van der Waals surface area contributed by atoms with Crippen LogP contribution in [-0.2, 0) is 24.7 Å². The van der Waals surface area contributed by atoms with Gasteiger partial charge in [0.15, 0.2) is 17.3 Å². The van der Waals surface area contributed by atoms with Gasteiger partial charge in [0.25, 0.3) is 5.91 Å². The van der Waals surface area contributed by atoms with Gasteiger partial charge >= 0.3 is 0 Å². The molecular formula is C30H35N9O2. The number of aromatic nitrogens is 4. The van der Waals surface area contributed by atoms with Crippen LogP contribution < -0.4 is 16.4 Å². The summed E-state index contributed by atoms with van der Waals surface area (Å²) in [6.45, 7) is 5.36. The third-order valence-corrected chi connectivity index (χ3v) is 7.15. The Balaban J connectivity index is 1.28. The van der Waals surface area contributed by atoms with Gasteiger partial charge in [-0.3, -0.25) is 14.3 Å². The van der Waals surface area contributed by atoms with Crippen molar-refractivity contribution in [3.05, 3.63) is 77.9 Å². The minimum atomic E-state index is -0.663. The molecule has 1 aliphatic rings. The zero-order valence-corrected chi connectivity index (χ0v) is 23.6. The van der Waals surface area contributed by atoms with Gasteiger partial charge in [-0.25, -0.2) is 9.97 Å². The smallest absolute Gasteiger partial charge is 0.271 e. The Morgan fingerprint density at radius 1 is 0.854 bits per heavy atom. The number of hydrogen-bond donors (Lipinski definition) is 3. The van der Waals surface area contributed by atoms with Crippen LogP contribution in [0.2, 0.25) is 0 Å². The fraction of sp³-hybridized carbons (Fsp3) is 0.300. The number of nitrogens with one attached hydrogen (secondary N) is 2. The highest BCUT2D eigenvalue weighted by Gasteiger charge is 2.20. The molecule has 4 N–H and O–H groups in total. The summed E-state index contributed by atoms with van der Waals surface area (Å²) in [4.78, 5) is 38.1. The van der Waals surface area contributed by atoms with E-state index in [9.17, 15) is 9.59 Å². The van der Waals surface area contributed by atoms with E-state index >= 15 is 0 Å². The van der Waals surface area contributed by atoms with Gasteiger partial charge in [0, 0.05) is 45.1 Å². The van der Waals surface area contributed by atoms with Gasteiger partial charge in [0.1, 0.15) is 0 Å². The summed E-state index contributed by atoms with van der Waals surface area (Å²) in [5.41, 5.74) is 10.9. The van der Waals surface area contributed by atoms with Gasteiger partial charge < -0.3 is 26.2 Å². The Morgan fingerprint density at radius 2 is 1.49 bits per heavy atom. The number of piperazine rings is 1. The molecule has 41 heavy (non-hydrogen) atoms. The predicted octanol–water partition coefficient (Wildman–Crippen LogP) is 3.34. The molecule has 1 aliphatic heterocycles. The summed E-state index contributed by atoms with van der Waals surface area (Å²) < 4.78 is 1.64. The molecule has 2 aromatic carbocycles. The summed E-state index contributed by atoms with van der Waals surface area (Å²) in [7, 11) is 3.88. The maximum atomic E-state index is 12.7. The van der Waals surface area contributed by atoms with Crippen molar-refractivity contribution in [1.29, 1.82) is 0 Å². The Bertz CT molecular complexity index is 1520. The van der Waals surface area contributed by atoms with Crippen molar-refractivity contribution < 1.29 is 9.59 Å². The number of amides is 2. The molecule has 0 saturated carbocycles. The second-order valence-electron chi connectivity index (χ2n) is 10.2. The van der Waals surface area contributed by atoms with Crippen LogP contribution in [0.15, 0.2) is 60.9 Å². The van der Waals surface area contributed by atoms with E-state index in [4.69, 9.17) is 5.73 Å². The van der Waals surface area contributed by atoms with Crippen molar-refractivity contribution in [3.8, 4) is 11.1 Å². The summed E-state index contributed by atoms with van der Waals surface area (Å²) in [5, 5.41) is 10.6. The molecule has 212 valence electrons. The molecule has 0 radical (unpaired) electrons. The summed E-state index contributed by atoms with van der Waals surface area (Å²) in [6, 6.07) is 16.1. The second-order valence-corrected chi connectivity index (χ2v) is 10.2. The lowest BCUT2D eigenvalue weighted by Crippen LogP contribution is -2.47. The highest BCUT2D eigenvalue weighted by molar-refractivity contribution is 5.96. The van der Waals surface area contributed by atoms with Crippen molar-refractivity contribution in [2.45, 2.75) is 19.8 Å². The first kappa shape index (κ1) is 27.8. The van der Waals surface area contributed by atoms with Crippen molar-refractivity contribution >= 4 is 34.8 Å². The lowest BCUT2D eigenvalue weighted by atomic mass is 10.0. The molecular weight excluding hydrogens is 518 g/mol. The summed E-state index contributed by atoms with van der Waals surface area (Å²) in [6.07, 6.45) is 4.37. The standard InChI is InChI=1S/C30H35N9O2/c1-4-25-29(36-30(27(35-25)28(31)41)34-24-18-32-38(3)19-24)33-23-11-9-22(10-12-23)21-7-5-20(6-8-21)17-26(40)39-15-13-37(2)14-16-39/h5-12,18-19H,4,13-17H2,1-3H3,(H2,31,41)(H2,33,34,36). The Labute approximate surface area is 239 Å². The molecule has 11 heteroatoms. The molecule has 2 aromatic heterocycles. The molecule has 1 fully saturated rings. The van der Waals surface area contributed by atoms with Gasteiger partial charge in [-0.15, -0.1) is 0 Å². The quantitative estimate of drug-likeness (QED) is 0.287. The first-order valence-electron chi connectivity index (χ1n) is 13.7. The molecule has 3 heterocycles. The zero-order chi connectivity index (χ0) is 28.9. The van der Waals surface area contributed by atoms with E-state index in [0.717, 1.165) is 48.6 Å². The first-order chi connectivity index (χ1) is 19.8. The van der Waals surface area contributed by atoms with Crippen molar-refractivity contribution in [2.75, 3.05) is 43.9 Å². The topological polar surface area (TPSA) is 134 Å². The van der Waals surface area contributed by atoms with Crippen LogP contribution in [-0.4, -0.2) is 74.6 Å². The first-order valence-corrected chi connectivity index (χ1v) is 13.7. The normalized spacial score (nSPS) is 13.7. The lowest BCUT2D eigenvalue weighted by molar-refractivity contribution is -0.132. The minimum Gasteiger partial charge on any atom is -0.364 e. The van der Waals surface area contributed by atoms with E-state index in [1.165, 1.54) is 0 Å². The lowest BCUT2D eigenvalue weighted by Gasteiger charge is -2.32. The molecule has 0 spiro atoms. The largest absolute Gasteiger partial charge is 0.364 e. The van der Waals surface area contributed by atoms with E-state index in [1.54, 1.807) is 24.1 Å². The number of rotatable bonds is 9. The number of carbonyl (C=O) groups is 2. The average Bonchev–Trinajstić information content (AvgIpc) is 3.38. The van der Waals surface area contributed by atoms with Gasteiger partial charge in [-0.2, -0.15) is 5.10 Å². The Hall–Kier alpha value is -4.77. The third-order valence-electron chi connectivity index (χ3n) is 7.15. The van der Waals surface area contributed by atoms with Crippen LogP contribution in [0.5, 0.6) is 0 Å². The third kappa shape index (κ3) is 6.69. The van der Waals surface area contributed by atoms with E-state index < -0.39 is 5.91 Å². The second kappa shape index (κ2) is 12.2. The number of hydrogen-bond acceptors (Lipinski definition) is 8. The van der Waals surface area contributed by atoms with Gasteiger partial charge in [0.2, 0.25) is 5.91 Å². The fourth-order valence-corrected chi connectivity index (χ4v) is 4.74. The highest BCUT2D eigenvalue weighted by atomic mass is 16.2. The Morgan fingerprint density at radius 3 is 2.07 bits per heavy atom. The van der Waals surface area contributed by atoms with Crippen molar-refractivity contribution in [2.24, 2.45) is 12.8 Å². The van der Waals surface area contributed by atoms with E-state index in [1.807, 2.05) is 48.2 Å². The molecule has 0 unspecified atom stereocenters. The number of carbonyl (C=O) groups excluding carboxylic acids is 2. The molecule has 0 aliphatic carbocycles. The summed E-state index contributed by atoms with van der Waals surface area (Å²) >= 11 is 0. The van der Waals surface area contributed by atoms with Gasteiger partial charge in [-0.05, 0) is 42.3 Å². The molecule has 0 atom stereocenters. The van der Waals surface area contributed by atoms with Gasteiger partial charge in [0.05, 0.1) is 24.0 Å². The number of nitrogens with two attached hydrogens (primary N) is 1. The molecule has 1 saturated heterocycles. The van der Waals surface area contributed by atoms with Crippen LogP contribution in [0, 0.1) is 0 Å². The zero-order valence-electron chi connectivity index (χ0n) is 23.6. The minimum absolute atomic E-state index is 0.0697. The van der Waals surface area contributed by atoms with Crippen LogP contribution in [0.25, 0.3) is 11.1 Å². The van der Waals surface area contributed by atoms with Crippen LogP contribution in [0.1, 0.15) is 28.7 Å². The fourth-order valence-electron chi connectivity index (χ4n) is 4.74. The number of nitrogens with zero attached hydrogens (tertiary/aromatic N) is 6. The number of aryl methyl sites for hydroxylation is 2. The highest BCUT2D eigenvalue weighted by Crippen LogP contribution is 2.27. The molecule has 0 bridgehead atoms. The maximum Gasteiger partial charge on any atom is 0.271 e. The van der Waals surface area contributed by atoms with Crippen LogP contribution >= 0.6 is 0 Å². The van der Waals surface area contributed by atoms with Crippen LogP contribution in [0.4, 0.5) is 23.0 Å². The number of likely N-dealkylation sites (N-methyl/N-ethyl adjacent to an activating group) is 1. The monoisotopic (exact) mass is 553 g/mol. The molecule has 11 nitrogen and oxygen atoms in total. The maximum absolute atomic E-state index is 12.7. The average molecular weight is 554 g/mol. The number of anilines is 4. The van der Waals surface area contributed by atoms with Crippen LogP contribution in [0.3, 0.4) is 0 Å². The number of benzene rings is 2. The van der Waals surface area contributed by atoms with Crippen molar-refractivity contribution in [1.82, 2.24) is 29.5 Å². The molecule has 5 rings (SSSR count). The molecule has 2 amide bonds. The SMILES string of the molecule is CCc1nc(C(N)=O)c(Nc2cnn(C)c2)nc1Nc1ccc(-c2ccc(CC(=O)N3CCN(C)CC3)cc2)cc1. The van der Waals surface area contributed by atoms with E-state index in [-0.39, 0.29) is 17.4 Å². The van der Waals surface area contributed by atoms with Crippen molar-refractivity contribution in [3.63, 3.8) is 0 Å². The molecule has 4 aromatic rings. The Kier molecular flexibility index (Phi) is 8.25. The van der Waals surface area contributed by atoms with Gasteiger partial charge in [-0.1, -0.05) is 43.3 Å². The van der Waals surface area contributed by atoms with E-state index in [0.29, 0.717) is 30.0 Å².